The van der Waals surface area contributed by atoms with Gasteiger partial charge in [-0.1, -0.05) is 51.8 Å². The summed E-state index contributed by atoms with van der Waals surface area (Å²) in [6.45, 7) is 0. The van der Waals surface area contributed by atoms with Crippen LogP contribution in [0.2, 0.25) is 5.02 Å². The van der Waals surface area contributed by atoms with E-state index in [1.165, 1.54) is 6.08 Å². The number of nitrogens with one attached hydrogen (secondary N) is 1. The normalized spacial score (nSPS) is 10.6. The molecule has 0 aromatic heterocycles. The lowest BCUT2D eigenvalue weighted by atomic mass is 10.2. The first-order valence-corrected chi connectivity index (χ1v) is 6.81. The molecule has 4 heteroatoms. The topological polar surface area (TPSA) is 29.1 Å². The Labute approximate surface area is 125 Å². The molecular weight excluding hydrogens is 326 g/mol. The van der Waals surface area contributed by atoms with Crippen molar-refractivity contribution in [2.75, 3.05) is 5.32 Å². The fourth-order valence-electron chi connectivity index (χ4n) is 1.48. The second-order valence-electron chi connectivity index (χ2n) is 3.85. The summed E-state index contributed by atoms with van der Waals surface area (Å²) in [6.07, 6.45) is 3.23. The molecule has 0 fully saturated rings. The van der Waals surface area contributed by atoms with Gasteiger partial charge in [0.25, 0.3) is 0 Å². The minimum absolute atomic E-state index is 0.212. The molecule has 0 saturated carbocycles. The van der Waals surface area contributed by atoms with Crippen molar-refractivity contribution in [2.45, 2.75) is 0 Å². The quantitative estimate of drug-likeness (QED) is 0.805. The summed E-state index contributed by atoms with van der Waals surface area (Å²) in [5.74, 6) is -0.212. The van der Waals surface area contributed by atoms with Gasteiger partial charge in [-0.25, -0.2) is 0 Å². The first-order valence-electron chi connectivity index (χ1n) is 5.64. The Morgan fingerprint density at radius 3 is 2.47 bits per heavy atom. The first kappa shape index (κ1) is 13.8. The van der Waals surface area contributed by atoms with Crippen LogP contribution < -0.4 is 5.32 Å². The van der Waals surface area contributed by atoms with E-state index in [0.29, 0.717) is 10.7 Å². The summed E-state index contributed by atoms with van der Waals surface area (Å²) < 4.78 is 1.00. The van der Waals surface area contributed by atoms with Gasteiger partial charge in [-0.05, 0) is 35.9 Å². The average molecular weight is 337 g/mol. The molecule has 0 radical (unpaired) electrons. The smallest absolute Gasteiger partial charge is 0.248 e. The molecular formula is C15H11BrClNO. The molecule has 2 aromatic carbocycles. The molecule has 96 valence electrons. The van der Waals surface area contributed by atoms with Crippen LogP contribution in [0.1, 0.15) is 5.56 Å². The Morgan fingerprint density at radius 2 is 1.79 bits per heavy atom. The minimum atomic E-state index is -0.212. The van der Waals surface area contributed by atoms with Crippen LogP contribution in [0.15, 0.2) is 59.1 Å². The second-order valence-corrected chi connectivity index (χ2v) is 5.18. The third kappa shape index (κ3) is 4.23. The van der Waals surface area contributed by atoms with E-state index in [-0.39, 0.29) is 5.91 Å². The lowest BCUT2D eigenvalue weighted by Gasteiger charge is -2.03. The van der Waals surface area contributed by atoms with Crippen LogP contribution in [0.4, 0.5) is 5.69 Å². The van der Waals surface area contributed by atoms with Crippen LogP contribution in [0.3, 0.4) is 0 Å². The van der Waals surface area contributed by atoms with Gasteiger partial charge in [-0.2, -0.15) is 0 Å². The molecule has 19 heavy (non-hydrogen) atoms. The molecule has 2 nitrogen and oxygen atoms in total. The van der Waals surface area contributed by atoms with Crippen molar-refractivity contribution in [3.05, 3.63) is 69.7 Å². The number of amides is 1. The van der Waals surface area contributed by atoms with E-state index in [1.807, 2.05) is 36.4 Å². The van der Waals surface area contributed by atoms with Crippen molar-refractivity contribution < 1.29 is 4.79 Å². The van der Waals surface area contributed by atoms with Crippen LogP contribution in [-0.2, 0) is 4.79 Å². The highest BCUT2D eigenvalue weighted by molar-refractivity contribution is 9.10. The number of para-hydroxylation sites is 1. The fourth-order valence-corrected chi connectivity index (χ4v) is 1.93. The maximum atomic E-state index is 11.7. The molecule has 1 amide bonds. The molecule has 0 saturated heterocycles. The molecule has 0 aliphatic heterocycles. The molecule has 0 aliphatic rings. The largest absolute Gasteiger partial charge is 0.321 e. The summed E-state index contributed by atoms with van der Waals surface area (Å²) in [7, 11) is 0. The van der Waals surface area contributed by atoms with Crippen molar-refractivity contribution in [1.29, 1.82) is 0 Å². The third-order valence-electron chi connectivity index (χ3n) is 2.43. The zero-order chi connectivity index (χ0) is 13.7. The molecule has 0 aliphatic carbocycles. The highest BCUT2D eigenvalue weighted by Gasteiger charge is 2.01. The summed E-state index contributed by atoms with van der Waals surface area (Å²) in [5, 5.41) is 3.25. The summed E-state index contributed by atoms with van der Waals surface area (Å²) >= 11 is 9.32. The van der Waals surface area contributed by atoms with Crippen molar-refractivity contribution in [3.8, 4) is 0 Å². The van der Waals surface area contributed by atoms with Gasteiger partial charge in [0.15, 0.2) is 0 Å². The number of carbonyl (C=O) groups is 1. The van der Waals surface area contributed by atoms with Crippen LogP contribution in [-0.4, -0.2) is 5.91 Å². The number of hydrogen-bond donors (Lipinski definition) is 1. The number of benzene rings is 2. The number of hydrogen-bond acceptors (Lipinski definition) is 1. The standard InChI is InChI=1S/C15H11BrClNO/c16-12-8-5-11(6-9-12)7-10-15(19)18-14-4-2-1-3-13(14)17/h1-10H,(H,18,19). The van der Waals surface area contributed by atoms with Crippen LogP contribution in [0, 0.1) is 0 Å². The molecule has 1 N–H and O–H groups in total. The number of carbonyl (C=O) groups excluding carboxylic acids is 1. The highest BCUT2D eigenvalue weighted by atomic mass is 79.9. The van der Waals surface area contributed by atoms with E-state index in [9.17, 15) is 4.79 Å². The van der Waals surface area contributed by atoms with E-state index in [0.717, 1.165) is 10.0 Å². The minimum Gasteiger partial charge on any atom is -0.321 e. The van der Waals surface area contributed by atoms with Gasteiger partial charge in [-0.15, -0.1) is 0 Å². The van der Waals surface area contributed by atoms with Crippen LogP contribution in [0.5, 0.6) is 0 Å². The SMILES string of the molecule is O=C(C=Cc1ccc(Br)cc1)Nc1ccccc1Cl. The van der Waals surface area contributed by atoms with E-state index >= 15 is 0 Å². The van der Waals surface area contributed by atoms with Crippen molar-refractivity contribution in [3.63, 3.8) is 0 Å². The predicted octanol–water partition coefficient (Wildman–Crippen LogP) is 4.75. The van der Waals surface area contributed by atoms with Gasteiger partial charge >= 0.3 is 0 Å². The predicted molar refractivity (Wildman–Crippen MR) is 83.3 cm³/mol. The molecule has 2 aromatic rings. The molecule has 2 rings (SSSR count). The van der Waals surface area contributed by atoms with Crippen molar-refractivity contribution in [1.82, 2.24) is 0 Å². The second kappa shape index (κ2) is 6.55. The van der Waals surface area contributed by atoms with E-state index < -0.39 is 0 Å². The number of halogens is 2. The first-order chi connectivity index (χ1) is 9.15. The monoisotopic (exact) mass is 335 g/mol. The summed E-state index contributed by atoms with van der Waals surface area (Å²) in [6, 6.07) is 14.8. The summed E-state index contributed by atoms with van der Waals surface area (Å²) in [4.78, 5) is 11.7. The maximum Gasteiger partial charge on any atom is 0.248 e. The van der Waals surface area contributed by atoms with E-state index in [1.54, 1.807) is 18.2 Å². The zero-order valence-corrected chi connectivity index (χ0v) is 12.3. The van der Waals surface area contributed by atoms with Crippen LogP contribution >= 0.6 is 27.5 Å². The number of anilines is 1. The molecule has 0 atom stereocenters. The fraction of sp³-hybridized carbons (Fsp3) is 0. The van der Waals surface area contributed by atoms with Gasteiger partial charge in [-0.3, -0.25) is 4.79 Å². The van der Waals surface area contributed by atoms with Crippen molar-refractivity contribution in [2.24, 2.45) is 0 Å². The Kier molecular flexibility index (Phi) is 4.77. The Morgan fingerprint density at radius 1 is 1.11 bits per heavy atom. The Balaban J connectivity index is 2.02. The van der Waals surface area contributed by atoms with Crippen LogP contribution in [0.25, 0.3) is 6.08 Å². The van der Waals surface area contributed by atoms with Gasteiger partial charge in [0.05, 0.1) is 10.7 Å². The van der Waals surface area contributed by atoms with Gasteiger partial charge in [0, 0.05) is 10.5 Å². The van der Waals surface area contributed by atoms with Gasteiger partial charge in [0.2, 0.25) is 5.91 Å². The summed E-state index contributed by atoms with van der Waals surface area (Å²) in [5.41, 5.74) is 1.56. The average Bonchev–Trinajstić information content (AvgIpc) is 2.41. The number of rotatable bonds is 3. The zero-order valence-electron chi connectivity index (χ0n) is 9.94. The van der Waals surface area contributed by atoms with E-state index in [4.69, 9.17) is 11.6 Å². The Hall–Kier alpha value is -1.58. The lowest BCUT2D eigenvalue weighted by molar-refractivity contribution is -0.111. The van der Waals surface area contributed by atoms with Gasteiger partial charge in [0.1, 0.15) is 0 Å². The molecule has 0 unspecified atom stereocenters. The molecule has 0 spiro atoms. The molecule has 0 bridgehead atoms. The third-order valence-corrected chi connectivity index (χ3v) is 3.29. The lowest BCUT2D eigenvalue weighted by Crippen LogP contribution is -2.07. The van der Waals surface area contributed by atoms with Gasteiger partial charge < -0.3 is 5.32 Å². The molecule has 0 heterocycles. The maximum absolute atomic E-state index is 11.7. The Bertz CT molecular complexity index is 608. The van der Waals surface area contributed by atoms with Crippen molar-refractivity contribution >= 4 is 45.2 Å². The van der Waals surface area contributed by atoms with E-state index in [2.05, 4.69) is 21.2 Å². The highest BCUT2D eigenvalue weighted by Crippen LogP contribution is 2.20.